The lowest BCUT2D eigenvalue weighted by molar-refractivity contribution is 0.280. The predicted octanol–water partition coefficient (Wildman–Crippen LogP) is 2.32. The summed E-state index contributed by atoms with van der Waals surface area (Å²) < 4.78 is 28.6. The summed E-state index contributed by atoms with van der Waals surface area (Å²) in [6.07, 6.45) is 0. The summed E-state index contributed by atoms with van der Waals surface area (Å²) in [5.41, 5.74) is 2.07. The Bertz CT molecular complexity index is 558. The van der Waals surface area contributed by atoms with Gasteiger partial charge in [0.25, 0.3) is 0 Å². The van der Waals surface area contributed by atoms with Crippen LogP contribution in [0.2, 0.25) is 0 Å². The highest BCUT2D eigenvalue weighted by atomic mass is 19.1. The zero-order valence-electron chi connectivity index (χ0n) is 10.2. The summed E-state index contributed by atoms with van der Waals surface area (Å²) in [6.45, 7) is 3.42. The lowest BCUT2D eigenvalue weighted by Gasteiger charge is -2.07. The van der Waals surface area contributed by atoms with E-state index >= 15 is 0 Å². The van der Waals surface area contributed by atoms with Crippen molar-refractivity contribution >= 4 is 0 Å². The number of aromatic nitrogens is 2. The average Bonchev–Trinajstić information content (AvgIpc) is 2.59. The molecule has 3 nitrogen and oxygen atoms in total. The first-order chi connectivity index (χ1) is 8.54. The van der Waals surface area contributed by atoms with Crippen LogP contribution < -0.4 is 0 Å². The van der Waals surface area contributed by atoms with Crippen LogP contribution in [0.25, 0.3) is 0 Å². The van der Waals surface area contributed by atoms with Gasteiger partial charge in [-0.15, -0.1) is 0 Å². The molecule has 18 heavy (non-hydrogen) atoms. The Morgan fingerprint density at radius 1 is 1.17 bits per heavy atom. The van der Waals surface area contributed by atoms with Crippen molar-refractivity contribution in [3.05, 3.63) is 52.3 Å². The maximum Gasteiger partial charge on any atom is 0.131 e. The number of benzene rings is 1. The van der Waals surface area contributed by atoms with Gasteiger partial charge in [0.1, 0.15) is 11.6 Å². The molecule has 0 saturated carbocycles. The SMILES string of the molecule is Cc1nn(Cc2c(F)cccc2F)c(C)c1CO. The fourth-order valence-corrected chi connectivity index (χ4v) is 1.95. The summed E-state index contributed by atoms with van der Waals surface area (Å²) >= 11 is 0. The van der Waals surface area contributed by atoms with E-state index in [4.69, 9.17) is 0 Å². The first-order valence-electron chi connectivity index (χ1n) is 5.61. The molecule has 5 heteroatoms. The van der Waals surface area contributed by atoms with Crippen molar-refractivity contribution in [3.63, 3.8) is 0 Å². The quantitative estimate of drug-likeness (QED) is 0.910. The van der Waals surface area contributed by atoms with Crippen molar-refractivity contribution in [1.82, 2.24) is 9.78 Å². The molecule has 96 valence electrons. The number of hydrogen-bond donors (Lipinski definition) is 1. The minimum Gasteiger partial charge on any atom is -0.392 e. The summed E-state index contributed by atoms with van der Waals surface area (Å²) in [5.74, 6) is -1.18. The number of hydrogen-bond acceptors (Lipinski definition) is 2. The molecule has 0 aliphatic heterocycles. The van der Waals surface area contributed by atoms with Crippen LogP contribution >= 0.6 is 0 Å². The second-order valence-corrected chi connectivity index (χ2v) is 4.17. The van der Waals surface area contributed by atoms with Crippen molar-refractivity contribution in [1.29, 1.82) is 0 Å². The van der Waals surface area contributed by atoms with E-state index in [1.807, 2.05) is 0 Å². The van der Waals surface area contributed by atoms with Gasteiger partial charge in [-0.2, -0.15) is 5.10 Å². The van der Waals surface area contributed by atoms with Gasteiger partial charge in [-0.05, 0) is 26.0 Å². The molecule has 2 rings (SSSR count). The van der Waals surface area contributed by atoms with E-state index in [9.17, 15) is 13.9 Å². The van der Waals surface area contributed by atoms with Crippen LogP contribution in [0.1, 0.15) is 22.5 Å². The lowest BCUT2D eigenvalue weighted by atomic mass is 10.2. The molecular formula is C13H14F2N2O. The topological polar surface area (TPSA) is 38.0 Å². The summed E-state index contributed by atoms with van der Waals surface area (Å²) in [7, 11) is 0. The molecule has 0 spiro atoms. The van der Waals surface area contributed by atoms with E-state index in [1.165, 1.54) is 22.9 Å². The number of rotatable bonds is 3. The Morgan fingerprint density at radius 2 is 1.78 bits per heavy atom. The fourth-order valence-electron chi connectivity index (χ4n) is 1.95. The van der Waals surface area contributed by atoms with Crippen molar-refractivity contribution in [3.8, 4) is 0 Å². The van der Waals surface area contributed by atoms with E-state index in [0.717, 1.165) is 5.69 Å². The smallest absolute Gasteiger partial charge is 0.131 e. The van der Waals surface area contributed by atoms with Gasteiger partial charge in [-0.25, -0.2) is 8.78 Å². The zero-order chi connectivity index (χ0) is 13.3. The van der Waals surface area contributed by atoms with E-state index in [0.29, 0.717) is 11.3 Å². The molecule has 0 amide bonds. The fraction of sp³-hybridized carbons (Fsp3) is 0.308. The predicted molar refractivity (Wildman–Crippen MR) is 63.1 cm³/mol. The third-order valence-corrected chi connectivity index (χ3v) is 3.06. The normalized spacial score (nSPS) is 10.9. The Hall–Kier alpha value is -1.75. The molecule has 0 unspecified atom stereocenters. The monoisotopic (exact) mass is 252 g/mol. The number of aliphatic hydroxyl groups is 1. The summed E-state index contributed by atoms with van der Waals surface area (Å²) in [5, 5.41) is 13.4. The number of aliphatic hydroxyl groups excluding tert-OH is 1. The summed E-state index contributed by atoms with van der Waals surface area (Å²) in [4.78, 5) is 0. The van der Waals surface area contributed by atoms with Gasteiger partial charge in [0.15, 0.2) is 0 Å². The second-order valence-electron chi connectivity index (χ2n) is 4.17. The molecule has 0 fully saturated rings. The van der Waals surface area contributed by atoms with Gasteiger partial charge >= 0.3 is 0 Å². The molecule has 0 saturated heterocycles. The van der Waals surface area contributed by atoms with E-state index < -0.39 is 11.6 Å². The van der Waals surface area contributed by atoms with E-state index in [-0.39, 0.29) is 18.7 Å². The van der Waals surface area contributed by atoms with Crippen LogP contribution in [-0.4, -0.2) is 14.9 Å². The Kier molecular flexibility index (Phi) is 3.43. The molecule has 1 heterocycles. The molecule has 0 aliphatic carbocycles. The first kappa shape index (κ1) is 12.7. The molecule has 2 aromatic rings. The largest absolute Gasteiger partial charge is 0.392 e. The lowest BCUT2D eigenvalue weighted by Crippen LogP contribution is -2.08. The average molecular weight is 252 g/mol. The van der Waals surface area contributed by atoms with Gasteiger partial charge in [-0.3, -0.25) is 4.68 Å². The van der Waals surface area contributed by atoms with Crippen molar-refractivity contribution in [2.24, 2.45) is 0 Å². The maximum atomic E-state index is 13.5. The molecule has 0 aliphatic rings. The number of aryl methyl sites for hydroxylation is 1. The maximum absolute atomic E-state index is 13.5. The third kappa shape index (κ3) is 2.13. The molecule has 1 N–H and O–H groups in total. The number of halogens is 2. The van der Waals surface area contributed by atoms with Crippen LogP contribution in [0.15, 0.2) is 18.2 Å². The molecular weight excluding hydrogens is 238 g/mol. The highest BCUT2D eigenvalue weighted by Crippen LogP contribution is 2.17. The molecule has 0 bridgehead atoms. The van der Waals surface area contributed by atoms with Crippen LogP contribution in [-0.2, 0) is 13.2 Å². The Morgan fingerprint density at radius 3 is 2.28 bits per heavy atom. The zero-order valence-corrected chi connectivity index (χ0v) is 10.2. The Balaban J connectivity index is 2.41. The molecule has 0 atom stereocenters. The first-order valence-corrected chi connectivity index (χ1v) is 5.61. The van der Waals surface area contributed by atoms with Gasteiger partial charge < -0.3 is 5.11 Å². The van der Waals surface area contributed by atoms with Crippen molar-refractivity contribution < 1.29 is 13.9 Å². The van der Waals surface area contributed by atoms with Crippen LogP contribution in [0, 0.1) is 25.5 Å². The minimum atomic E-state index is -0.590. The van der Waals surface area contributed by atoms with Gasteiger partial charge in [0.2, 0.25) is 0 Å². The number of nitrogens with zero attached hydrogens (tertiary/aromatic N) is 2. The third-order valence-electron chi connectivity index (χ3n) is 3.06. The van der Waals surface area contributed by atoms with E-state index in [2.05, 4.69) is 5.10 Å². The van der Waals surface area contributed by atoms with Gasteiger partial charge in [0, 0.05) is 16.8 Å². The van der Waals surface area contributed by atoms with Crippen molar-refractivity contribution in [2.75, 3.05) is 0 Å². The molecule has 1 aromatic heterocycles. The van der Waals surface area contributed by atoms with Crippen molar-refractivity contribution in [2.45, 2.75) is 27.0 Å². The summed E-state index contributed by atoms with van der Waals surface area (Å²) in [6, 6.07) is 3.77. The van der Waals surface area contributed by atoms with Gasteiger partial charge in [0.05, 0.1) is 18.8 Å². The van der Waals surface area contributed by atoms with E-state index in [1.54, 1.807) is 13.8 Å². The van der Waals surface area contributed by atoms with Crippen LogP contribution in [0.5, 0.6) is 0 Å². The van der Waals surface area contributed by atoms with Crippen LogP contribution in [0.3, 0.4) is 0 Å². The van der Waals surface area contributed by atoms with Gasteiger partial charge in [-0.1, -0.05) is 6.07 Å². The minimum absolute atomic E-state index is 0.0190. The highest BCUT2D eigenvalue weighted by Gasteiger charge is 2.14. The second kappa shape index (κ2) is 4.86. The molecule has 0 radical (unpaired) electrons. The molecule has 1 aromatic carbocycles. The Labute approximate surface area is 104 Å². The van der Waals surface area contributed by atoms with Crippen LogP contribution in [0.4, 0.5) is 8.78 Å². The standard InChI is InChI=1S/C13H14F2N2O/c1-8-11(7-18)9(2)17(16-8)6-10-12(14)4-3-5-13(10)15/h3-5,18H,6-7H2,1-2H3. The highest BCUT2D eigenvalue weighted by molar-refractivity contribution is 5.26.